The van der Waals surface area contributed by atoms with Crippen LogP contribution in [0.3, 0.4) is 0 Å². The highest BCUT2D eigenvalue weighted by molar-refractivity contribution is 8.14. The molecule has 0 radical (unpaired) electrons. The Morgan fingerprint density at radius 1 is 1.21 bits per heavy atom. The van der Waals surface area contributed by atoms with Crippen molar-refractivity contribution in [2.45, 2.75) is 69.0 Å². The van der Waals surface area contributed by atoms with Crippen molar-refractivity contribution in [2.24, 2.45) is 28.6 Å². The first kappa shape index (κ1) is 31.9. The molecule has 1 aromatic carbocycles. The Labute approximate surface area is 278 Å². The maximum absolute atomic E-state index is 13.9. The predicted molar refractivity (Wildman–Crippen MR) is 174 cm³/mol. The molecule has 7 atom stereocenters. The number of carbonyl (C=O) groups excluding carboxylic acids is 2. The molecule has 4 aliphatic carbocycles. The van der Waals surface area contributed by atoms with E-state index in [9.17, 15) is 28.4 Å². The Morgan fingerprint density at radius 2 is 1.98 bits per heavy atom. The maximum Gasteiger partial charge on any atom is 0.375 e. The highest BCUT2D eigenvalue weighted by atomic mass is 32.2. The number of furan rings is 1. The lowest BCUT2D eigenvalue weighted by Gasteiger charge is -2.60. The number of aliphatic hydroxyl groups is 1. The van der Waals surface area contributed by atoms with E-state index >= 15 is 0 Å². The van der Waals surface area contributed by atoms with E-state index in [1.54, 1.807) is 30.3 Å². The van der Waals surface area contributed by atoms with Crippen molar-refractivity contribution < 1.29 is 32.3 Å². The van der Waals surface area contributed by atoms with Crippen molar-refractivity contribution in [3.05, 3.63) is 71.4 Å². The summed E-state index contributed by atoms with van der Waals surface area (Å²) in [6, 6.07) is 11.8. The molecular weight excluding hydrogens is 639 g/mol. The molecule has 3 aromatic rings. The molecule has 3 fully saturated rings. The molecule has 12 heteroatoms. The number of thioether (sulfide) groups is 1. The van der Waals surface area contributed by atoms with E-state index in [0.717, 1.165) is 41.5 Å². The summed E-state index contributed by atoms with van der Waals surface area (Å²) in [7, 11) is -3.32. The Bertz CT molecular complexity index is 1930. The summed E-state index contributed by atoms with van der Waals surface area (Å²) in [5.41, 5.74) is 1.35. The standard InChI is InChI=1S/C35H37N3O7S2/c1-33-18-21-20-37-38(23-7-9-24(10-8-23)47(3,42)43)27(21)17-22(33)6-11-25-26-12-13-35(32(41)46-16-14-36,34(26,2)19-28(39)30(25)33)45-31(40)29-5-4-15-44-29/h4-5,7-10,15,17,20,25-26,28,30,39H,6,11-13,16,18-19H2,1-3H3/t25-,26?,28-,30?,33-,34-,35-/m0/s1. The van der Waals surface area contributed by atoms with E-state index in [1.165, 1.54) is 24.2 Å². The number of hydrogen-bond acceptors (Lipinski definition) is 10. The number of nitriles is 1. The van der Waals surface area contributed by atoms with Gasteiger partial charge < -0.3 is 14.3 Å². The predicted octanol–water partition coefficient (Wildman–Crippen LogP) is 5.40. The van der Waals surface area contributed by atoms with E-state index < -0.39 is 32.9 Å². The highest BCUT2D eigenvalue weighted by Gasteiger charge is 2.70. The van der Waals surface area contributed by atoms with E-state index in [4.69, 9.17) is 9.15 Å². The molecule has 246 valence electrons. The smallest absolute Gasteiger partial charge is 0.375 e. The van der Waals surface area contributed by atoms with Crippen molar-refractivity contribution in [2.75, 3.05) is 12.0 Å². The molecule has 2 aromatic heterocycles. The fraction of sp³-hybridized carbons (Fsp3) is 0.486. The first-order valence-corrected chi connectivity index (χ1v) is 18.8. The summed E-state index contributed by atoms with van der Waals surface area (Å²) in [5.74, 6) is -0.744. The molecule has 0 spiro atoms. The number of carbonyl (C=O) groups is 2. The van der Waals surface area contributed by atoms with Crippen molar-refractivity contribution in [3.63, 3.8) is 0 Å². The van der Waals surface area contributed by atoms with Gasteiger partial charge in [0.25, 0.3) is 0 Å². The van der Waals surface area contributed by atoms with Crippen molar-refractivity contribution in [1.29, 1.82) is 5.26 Å². The van der Waals surface area contributed by atoms with Gasteiger partial charge in [0, 0.05) is 11.7 Å². The average Bonchev–Trinajstić information content (AvgIpc) is 3.77. The number of sulfone groups is 1. The number of hydrogen-bond donors (Lipinski definition) is 1. The van der Waals surface area contributed by atoms with Crippen LogP contribution in [-0.2, 0) is 25.8 Å². The van der Waals surface area contributed by atoms with Gasteiger partial charge in [0.05, 0.1) is 46.7 Å². The number of fused-ring (bicyclic) bond motifs is 6. The monoisotopic (exact) mass is 675 g/mol. The van der Waals surface area contributed by atoms with Gasteiger partial charge in [0.1, 0.15) is 0 Å². The van der Waals surface area contributed by atoms with Crippen LogP contribution in [0.4, 0.5) is 0 Å². The molecule has 3 saturated carbocycles. The first-order chi connectivity index (χ1) is 22.3. The lowest BCUT2D eigenvalue weighted by molar-refractivity contribution is -0.175. The molecule has 1 N–H and O–H groups in total. The van der Waals surface area contributed by atoms with Crippen LogP contribution in [0.5, 0.6) is 0 Å². The molecule has 2 heterocycles. The number of esters is 1. The molecule has 7 rings (SSSR count). The third-order valence-corrected chi connectivity index (χ3v) is 13.6. The Kier molecular flexibility index (Phi) is 7.61. The van der Waals surface area contributed by atoms with Crippen LogP contribution in [0, 0.1) is 39.9 Å². The SMILES string of the molecule is C[C@]12Cc3cnn(-c4ccc(S(C)(=O)=O)cc4)c3C=C1CC[C@@H]1C2[C@@H](O)C[C@@]2(C)C1CC[C@]2(OC(=O)c1ccco1)C(=O)SCC#N. The second-order valence-corrected chi connectivity index (χ2v) is 17.0. The van der Waals surface area contributed by atoms with Gasteiger partial charge in [-0.05, 0) is 110 Å². The zero-order valence-electron chi connectivity index (χ0n) is 26.5. The van der Waals surface area contributed by atoms with Gasteiger partial charge in [-0.3, -0.25) is 4.79 Å². The molecule has 0 aliphatic heterocycles. The topological polar surface area (TPSA) is 152 Å². The van der Waals surface area contributed by atoms with Crippen molar-refractivity contribution in [1.82, 2.24) is 9.78 Å². The third-order valence-electron chi connectivity index (χ3n) is 11.6. The van der Waals surface area contributed by atoms with Crippen LogP contribution in [-0.4, -0.2) is 58.1 Å². The summed E-state index contributed by atoms with van der Waals surface area (Å²) in [5, 5.41) is 25.7. The molecule has 47 heavy (non-hydrogen) atoms. The van der Waals surface area contributed by atoms with Crippen LogP contribution in [0.1, 0.15) is 67.8 Å². The fourth-order valence-electron chi connectivity index (χ4n) is 9.58. The molecule has 10 nitrogen and oxygen atoms in total. The van der Waals surface area contributed by atoms with E-state index in [1.807, 2.05) is 23.9 Å². The quantitative estimate of drug-likeness (QED) is 0.336. The highest BCUT2D eigenvalue weighted by Crippen LogP contribution is 2.69. The number of aliphatic hydroxyl groups excluding tert-OH is 1. The minimum Gasteiger partial charge on any atom is -0.457 e. The summed E-state index contributed by atoms with van der Waals surface area (Å²) in [6.45, 7) is 4.21. The van der Waals surface area contributed by atoms with Crippen molar-refractivity contribution in [3.8, 4) is 11.8 Å². The average molecular weight is 676 g/mol. The lowest BCUT2D eigenvalue weighted by Crippen LogP contribution is -2.62. The molecular formula is C35H37N3O7S2. The Morgan fingerprint density at radius 3 is 2.66 bits per heavy atom. The van der Waals surface area contributed by atoms with Crippen LogP contribution in [0.2, 0.25) is 0 Å². The minimum absolute atomic E-state index is 0.00796. The van der Waals surface area contributed by atoms with Crippen LogP contribution < -0.4 is 0 Å². The van der Waals surface area contributed by atoms with E-state index in [0.29, 0.717) is 19.3 Å². The van der Waals surface area contributed by atoms with E-state index in [2.05, 4.69) is 18.1 Å². The lowest BCUT2D eigenvalue weighted by atomic mass is 9.45. The van der Waals surface area contributed by atoms with Gasteiger partial charge in [0.2, 0.25) is 10.9 Å². The van der Waals surface area contributed by atoms with Gasteiger partial charge >= 0.3 is 5.97 Å². The fourth-order valence-corrected chi connectivity index (χ4v) is 11.0. The maximum atomic E-state index is 13.9. The summed E-state index contributed by atoms with van der Waals surface area (Å²) < 4.78 is 37.3. The second-order valence-electron chi connectivity index (χ2n) is 14.0. The van der Waals surface area contributed by atoms with Gasteiger partial charge in [-0.1, -0.05) is 31.2 Å². The van der Waals surface area contributed by atoms with E-state index in [-0.39, 0.29) is 51.1 Å². The zero-order valence-corrected chi connectivity index (χ0v) is 28.1. The van der Waals surface area contributed by atoms with Gasteiger partial charge in [-0.2, -0.15) is 10.4 Å². The number of ether oxygens (including phenoxy) is 1. The Balaban J connectivity index is 1.21. The van der Waals surface area contributed by atoms with Crippen LogP contribution in [0.25, 0.3) is 11.8 Å². The normalized spacial score (nSPS) is 32.6. The molecule has 2 unspecified atom stereocenters. The molecule has 0 bridgehead atoms. The number of aromatic nitrogens is 2. The van der Waals surface area contributed by atoms with Crippen molar-refractivity contribution >= 4 is 38.8 Å². The summed E-state index contributed by atoms with van der Waals surface area (Å²) >= 11 is 0.871. The summed E-state index contributed by atoms with van der Waals surface area (Å²) in [6.07, 6.45) is 9.44. The van der Waals surface area contributed by atoms with Gasteiger partial charge in [-0.25, -0.2) is 17.9 Å². The molecule has 4 aliphatic rings. The third kappa shape index (κ3) is 4.84. The largest absolute Gasteiger partial charge is 0.457 e. The minimum atomic E-state index is -3.32. The first-order valence-electron chi connectivity index (χ1n) is 15.9. The van der Waals surface area contributed by atoms with Gasteiger partial charge in [-0.15, -0.1) is 0 Å². The molecule has 0 amide bonds. The van der Waals surface area contributed by atoms with Crippen LogP contribution in [0.15, 0.2) is 63.7 Å². The van der Waals surface area contributed by atoms with Gasteiger partial charge in [0.15, 0.2) is 15.4 Å². The summed E-state index contributed by atoms with van der Waals surface area (Å²) in [4.78, 5) is 27.5. The number of benzene rings is 1. The van der Waals surface area contributed by atoms with Crippen LogP contribution >= 0.6 is 11.8 Å². The molecule has 0 saturated heterocycles. The second kappa shape index (κ2) is 11.2. The number of nitrogens with zero attached hydrogens (tertiary/aromatic N) is 3. The Hall–Kier alpha value is -3.66. The zero-order chi connectivity index (χ0) is 33.4. The number of rotatable bonds is 6. The number of allylic oxidation sites excluding steroid dienone is 1.